The topological polar surface area (TPSA) is 160 Å². The second kappa shape index (κ2) is 16.2. The zero-order valence-electron chi connectivity index (χ0n) is 31.3. The molecule has 0 radical (unpaired) electrons. The van der Waals surface area contributed by atoms with E-state index in [1.54, 1.807) is 10.7 Å². The Bertz CT molecular complexity index is 2300. The fourth-order valence-electron chi connectivity index (χ4n) is 7.34. The van der Waals surface area contributed by atoms with Gasteiger partial charge in [0.05, 0.1) is 22.8 Å². The molecule has 15 heteroatoms. The van der Waals surface area contributed by atoms with Crippen molar-refractivity contribution in [3.63, 3.8) is 0 Å². The number of ether oxygens (including phenoxy) is 1. The number of H-pyrrole nitrogens is 1. The Balaban J connectivity index is 1.25. The van der Waals surface area contributed by atoms with E-state index in [-0.39, 0.29) is 11.5 Å². The van der Waals surface area contributed by atoms with E-state index in [2.05, 4.69) is 25.4 Å². The second-order valence-corrected chi connectivity index (χ2v) is 16.5. The van der Waals surface area contributed by atoms with Crippen molar-refractivity contribution in [2.24, 2.45) is 13.0 Å². The van der Waals surface area contributed by atoms with E-state index in [0.717, 1.165) is 59.8 Å². The Labute approximate surface area is 325 Å². The fraction of sp³-hybridized carbons (Fsp3) is 0.410. The molecule has 0 bridgehead atoms. The molecule has 54 heavy (non-hydrogen) atoms. The zero-order valence-corrected chi connectivity index (χ0v) is 33.6. The number of aromatic nitrogens is 3. The van der Waals surface area contributed by atoms with Gasteiger partial charge in [-0.15, -0.1) is 0 Å². The van der Waals surface area contributed by atoms with Gasteiger partial charge in [0.25, 0.3) is 21.8 Å². The lowest BCUT2D eigenvalue weighted by molar-refractivity contribution is 0.0909. The summed E-state index contributed by atoms with van der Waals surface area (Å²) < 4.78 is 42.5. The van der Waals surface area contributed by atoms with Crippen molar-refractivity contribution in [1.29, 1.82) is 0 Å². The van der Waals surface area contributed by atoms with E-state index in [4.69, 9.17) is 32.4 Å². The molecule has 0 saturated heterocycles. The van der Waals surface area contributed by atoms with Gasteiger partial charge in [-0.1, -0.05) is 29.3 Å². The van der Waals surface area contributed by atoms with Gasteiger partial charge in [-0.2, -0.15) is 13.5 Å². The van der Waals surface area contributed by atoms with Crippen LogP contribution in [0.5, 0.6) is 5.75 Å². The molecule has 1 aliphatic rings. The predicted octanol–water partition coefficient (Wildman–Crippen LogP) is 7.34. The van der Waals surface area contributed by atoms with Crippen LogP contribution < -0.4 is 20.1 Å². The van der Waals surface area contributed by atoms with Gasteiger partial charge in [0, 0.05) is 46.9 Å². The highest BCUT2D eigenvalue weighted by Gasteiger charge is 2.29. The normalized spacial score (nSPS) is 16.1. The minimum atomic E-state index is -4.52. The molecule has 2 aromatic carbocycles. The number of rotatable bonds is 13. The van der Waals surface area contributed by atoms with Crippen LogP contribution in [-0.4, -0.2) is 61.2 Å². The molecule has 0 aliphatic heterocycles. The van der Waals surface area contributed by atoms with Gasteiger partial charge < -0.3 is 24.8 Å². The number of halogens is 2. The van der Waals surface area contributed by atoms with Crippen LogP contribution >= 0.6 is 23.2 Å². The molecule has 4 N–H and O–H groups in total. The van der Waals surface area contributed by atoms with Gasteiger partial charge in [-0.05, 0) is 126 Å². The van der Waals surface area contributed by atoms with Crippen LogP contribution in [0.4, 0.5) is 0 Å². The Morgan fingerprint density at radius 2 is 1.70 bits per heavy atom. The Morgan fingerprint density at radius 3 is 2.35 bits per heavy atom. The van der Waals surface area contributed by atoms with Crippen LogP contribution in [0.3, 0.4) is 0 Å². The summed E-state index contributed by atoms with van der Waals surface area (Å²) in [5.41, 5.74) is 6.09. The molecule has 3 heterocycles. The Hall–Kier alpha value is -4.30. The van der Waals surface area contributed by atoms with Crippen molar-refractivity contribution in [2.75, 3.05) is 20.2 Å². The summed E-state index contributed by atoms with van der Waals surface area (Å²) in [7, 11) is -0.725. The maximum atomic E-state index is 14.0. The molecule has 288 valence electrons. The molecule has 2 amide bonds. The van der Waals surface area contributed by atoms with E-state index in [0.29, 0.717) is 75.8 Å². The largest absolute Gasteiger partial charge is 0.494 e. The summed E-state index contributed by atoms with van der Waals surface area (Å²) in [5, 5.41) is 12.0. The first kappa shape index (κ1) is 39.4. The molecular weight excluding hydrogens is 751 g/mol. The summed E-state index contributed by atoms with van der Waals surface area (Å²) in [6, 6.07) is 10.3. The van der Waals surface area contributed by atoms with Gasteiger partial charge in [0.15, 0.2) is 5.76 Å². The third-order valence-corrected chi connectivity index (χ3v) is 12.5. The number of sulfonamides is 1. The first-order valence-electron chi connectivity index (χ1n) is 18.0. The smallest absolute Gasteiger partial charge is 0.297 e. The van der Waals surface area contributed by atoms with Crippen molar-refractivity contribution in [3.8, 4) is 16.9 Å². The van der Waals surface area contributed by atoms with Crippen molar-refractivity contribution in [3.05, 3.63) is 86.0 Å². The Kier molecular flexibility index (Phi) is 11.8. The van der Waals surface area contributed by atoms with Gasteiger partial charge in [0.2, 0.25) is 5.09 Å². The van der Waals surface area contributed by atoms with Crippen LogP contribution in [0, 0.1) is 33.6 Å². The summed E-state index contributed by atoms with van der Waals surface area (Å²) in [5.74, 6) is -0.566. The van der Waals surface area contributed by atoms with Crippen molar-refractivity contribution in [2.45, 2.75) is 77.4 Å². The fourth-order valence-corrected chi connectivity index (χ4v) is 8.60. The monoisotopic (exact) mass is 796 g/mol. The van der Waals surface area contributed by atoms with E-state index in [9.17, 15) is 18.0 Å². The van der Waals surface area contributed by atoms with E-state index in [1.807, 2.05) is 60.0 Å². The lowest BCUT2D eigenvalue weighted by Crippen LogP contribution is -2.35. The minimum Gasteiger partial charge on any atom is -0.494 e. The summed E-state index contributed by atoms with van der Waals surface area (Å²) in [6.45, 7) is 8.43. The summed E-state index contributed by atoms with van der Waals surface area (Å²) >= 11 is 13.2. The van der Waals surface area contributed by atoms with Crippen LogP contribution in [-0.2, 0) is 23.5 Å². The third kappa shape index (κ3) is 8.19. The molecule has 1 aliphatic carbocycles. The number of aromatic amines is 1. The summed E-state index contributed by atoms with van der Waals surface area (Å²) in [6.07, 6.45) is 4.89. The SMILES string of the molecule is CNC1CCC(CNC(=O)c2ccc(S(=O)(=O)NC(=O)c3[nH]c4c(-c5c(C)nn(C)c5C)c(Cl)ccc4c3CCCOc3cc(C)c(Cl)c(C)c3)o2)CC1. The Morgan fingerprint density at radius 1 is 1.00 bits per heavy atom. The minimum absolute atomic E-state index is 0.0481. The van der Waals surface area contributed by atoms with Crippen LogP contribution in [0.1, 0.15) is 81.2 Å². The molecule has 12 nitrogen and oxygen atoms in total. The number of hydrogen-bond acceptors (Lipinski definition) is 8. The van der Waals surface area contributed by atoms with Crippen LogP contribution in [0.15, 0.2) is 45.9 Å². The molecule has 1 saturated carbocycles. The lowest BCUT2D eigenvalue weighted by atomic mass is 9.86. The predicted molar refractivity (Wildman–Crippen MR) is 210 cm³/mol. The maximum Gasteiger partial charge on any atom is 0.297 e. The first-order valence-corrected chi connectivity index (χ1v) is 20.3. The number of carbonyl (C=O) groups is 2. The summed E-state index contributed by atoms with van der Waals surface area (Å²) in [4.78, 5) is 30.1. The average Bonchev–Trinajstić information content (AvgIpc) is 3.85. The molecule has 0 spiro atoms. The average molecular weight is 798 g/mol. The highest BCUT2D eigenvalue weighted by atomic mass is 35.5. The van der Waals surface area contributed by atoms with Crippen LogP contribution in [0.25, 0.3) is 22.0 Å². The molecule has 0 atom stereocenters. The molecule has 3 aromatic heterocycles. The number of aryl methyl sites for hydroxylation is 5. The molecule has 1 fully saturated rings. The number of benzene rings is 2. The third-order valence-electron chi connectivity index (χ3n) is 10.4. The first-order chi connectivity index (χ1) is 25.7. The number of fused-ring (bicyclic) bond motifs is 1. The zero-order chi connectivity index (χ0) is 38.9. The van der Waals surface area contributed by atoms with Crippen LogP contribution in [0.2, 0.25) is 10.0 Å². The second-order valence-electron chi connectivity index (χ2n) is 14.1. The number of nitrogens with one attached hydrogen (secondary N) is 4. The molecular formula is C39H46Cl2N6O6S. The quantitative estimate of drug-likeness (QED) is 0.0901. The van der Waals surface area contributed by atoms with E-state index < -0.39 is 26.9 Å². The molecule has 0 unspecified atom stereocenters. The van der Waals surface area contributed by atoms with E-state index >= 15 is 0 Å². The number of furan rings is 1. The standard InChI is InChI=1S/C39H46Cl2N6O6S/c1-21-18-27(19-22(2)35(21)41)52-17-7-8-28-29-13-14-30(40)34(33-23(3)45-47(6)24(33)4)36(29)44-37(28)39(49)46-54(50,51)32-16-15-31(53-32)38(48)43-20-25-9-11-26(42-5)12-10-25/h13-16,18-19,25-26,42,44H,7-12,17,20H2,1-6H3,(H,43,48)(H,46,49). The van der Waals surface area contributed by atoms with Crippen molar-refractivity contribution >= 4 is 55.9 Å². The van der Waals surface area contributed by atoms with Crippen molar-refractivity contribution < 1.29 is 27.2 Å². The number of carbonyl (C=O) groups excluding carboxylic acids is 2. The number of nitrogens with zero attached hydrogens (tertiary/aromatic N) is 2. The molecule has 6 rings (SSSR count). The maximum absolute atomic E-state index is 14.0. The highest BCUT2D eigenvalue weighted by molar-refractivity contribution is 7.90. The van der Waals surface area contributed by atoms with Crippen molar-refractivity contribution in [1.82, 2.24) is 30.1 Å². The van der Waals surface area contributed by atoms with Gasteiger partial charge in [0.1, 0.15) is 11.4 Å². The molecule has 5 aromatic rings. The van der Waals surface area contributed by atoms with Gasteiger partial charge in [-0.25, -0.2) is 4.72 Å². The van der Waals surface area contributed by atoms with Gasteiger partial charge in [-0.3, -0.25) is 14.3 Å². The number of amides is 2. The highest BCUT2D eigenvalue weighted by Crippen LogP contribution is 2.40. The van der Waals surface area contributed by atoms with Gasteiger partial charge >= 0.3 is 0 Å². The number of hydrogen-bond donors (Lipinski definition) is 4. The van der Waals surface area contributed by atoms with E-state index in [1.165, 1.54) is 6.07 Å². The lowest BCUT2D eigenvalue weighted by Gasteiger charge is -2.28.